The lowest BCUT2D eigenvalue weighted by Gasteiger charge is -2.06. The number of carbonyl (C=O) groups excluding carboxylic acids is 3. The van der Waals surface area contributed by atoms with E-state index >= 15 is 0 Å². The van der Waals surface area contributed by atoms with Crippen molar-refractivity contribution in [3.8, 4) is 0 Å². The molecule has 1 amide bonds. The second kappa shape index (κ2) is 8.60. The Balaban J connectivity index is 1.99. The SMILES string of the molecule is CCOC(=O)c1cc(CC)sc1NC(=O)COC(=O)c1cccs1. The molecule has 1 N–H and O–H groups in total. The summed E-state index contributed by atoms with van der Waals surface area (Å²) in [6.45, 7) is 3.50. The standard InChI is InChI=1S/C16H17NO5S2/c1-3-10-8-11(15(19)21-4-2)14(24-10)17-13(18)9-22-16(20)12-6-5-7-23-12/h5-8H,3-4,9H2,1-2H3,(H,17,18). The Hall–Kier alpha value is -2.19. The molecule has 0 aromatic carbocycles. The van der Waals surface area contributed by atoms with Gasteiger partial charge in [-0.25, -0.2) is 9.59 Å². The molecule has 2 aromatic heterocycles. The molecule has 0 aliphatic carbocycles. The van der Waals surface area contributed by atoms with Gasteiger partial charge in [-0.1, -0.05) is 13.0 Å². The van der Waals surface area contributed by atoms with Crippen LogP contribution in [0.1, 0.15) is 38.8 Å². The van der Waals surface area contributed by atoms with Crippen LogP contribution in [-0.4, -0.2) is 31.1 Å². The fraction of sp³-hybridized carbons (Fsp3) is 0.312. The largest absolute Gasteiger partial charge is 0.462 e. The minimum absolute atomic E-state index is 0.252. The molecule has 2 aromatic rings. The quantitative estimate of drug-likeness (QED) is 0.759. The van der Waals surface area contributed by atoms with Crippen molar-refractivity contribution >= 4 is 45.5 Å². The van der Waals surface area contributed by atoms with Gasteiger partial charge in [0.05, 0.1) is 12.2 Å². The number of amides is 1. The zero-order chi connectivity index (χ0) is 17.5. The molecule has 8 heteroatoms. The highest BCUT2D eigenvalue weighted by Gasteiger charge is 2.19. The minimum Gasteiger partial charge on any atom is -0.462 e. The molecule has 0 aliphatic heterocycles. The lowest BCUT2D eigenvalue weighted by atomic mass is 10.2. The number of rotatable bonds is 7. The first kappa shape index (κ1) is 18.2. The predicted octanol–water partition coefficient (Wildman–Crippen LogP) is 3.34. The van der Waals surface area contributed by atoms with Crippen molar-refractivity contribution in [1.82, 2.24) is 0 Å². The molecule has 0 aliphatic rings. The highest BCUT2D eigenvalue weighted by Crippen LogP contribution is 2.29. The van der Waals surface area contributed by atoms with E-state index in [4.69, 9.17) is 9.47 Å². The van der Waals surface area contributed by atoms with E-state index in [1.54, 1.807) is 30.5 Å². The van der Waals surface area contributed by atoms with Gasteiger partial charge in [0.25, 0.3) is 5.91 Å². The van der Waals surface area contributed by atoms with Crippen molar-refractivity contribution in [2.75, 3.05) is 18.5 Å². The first-order chi connectivity index (χ1) is 11.5. The van der Waals surface area contributed by atoms with E-state index in [2.05, 4.69) is 5.32 Å². The second-order valence-corrected chi connectivity index (χ2v) is 6.72. The number of nitrogens with one attached hydrogen (secondary N) is 1. The van der Waals surface area contributed by atoms with Crippen LogP contribution in [0.4, 0.5) is 5.00 Å². The van der Waals surface area contributed by atoms with Gasteiger partial charge in [0, 0.05) is 4.88 Å². The van der Waals surface area contributed by atoms with Crippen LogP contribution in [0.15, 0.2) is 23.6 Å². The zero-order valence-electron chi connectivity index (χ0n) is 13.3. The summed E-state index contributed by atoms with van der Waals surface area (Å²) in [4.78, 5) is 37.0. The van der Waals surface area contributed by atoms with Gasteiger partial charge in [0.2, 0.25) is 0 Å². The third kappa shape index (κ3) is 4.65. The van der Waals surface area contributed by atoms with Gasteiger partial charge in [-0.05, 0) is 30.9 Å². The maximum Gasteiger partial charge on any atom is 0.348 e. The van der Waals surface area contributed by atoms with Gasteiger partial charge >= 0.3 is 11.9 Å². The summed E-state index contributed by atoms with van der Waals surface area (Å²) < 4.78 is 9.94. The van der Waals surface area contributed by atoms with Crippen LogP contribution < -0.4 is 5.32 Å². The predicted molar refractivity (Wildman–Crippen MR) is 92.9 cm³/mol. The topological polar surface area (TPSA) is 81.7 Å². The number of esters is 2. The van der Waals surface area contributed by atoms with Crippen molar-refractivity contribution in [2.45, 2.75) is 20.3 Å². The number of anilines is 1. The third-order valence-corrected chi connectivity index (χ3v) is 4.98. The fourth-order valence-corrected chi connectivity index (χ4v) is 3.45. The first-order valence-electron chi connectivity index (χ1n) is 7.35. The van der Waals surface area contributed by atoms with Crippen molar-refractivity contribution in [1.29, 1.82) is 0 Å². The maximum atomic E-state index is 12.0. The van der Waals surface area contributed by atoms with Crippen molar-refractivity contribution in [3.63, 3.8) is 0 Å². The van der Waals surface area contributed by atoms with Crippen molar-refractivity contribution in [2.24, 2.45) is 0 Å². The maximum absolute atomic E-state index is 12.0. The molecule has 6 nitrogen and oxygen atoms in total. The van der Waals surface area contributed by atoms with E-state index in [0.717, 1.165) is 11.3 Å². The summed E-state index contributed by atoms with van der Waals surface area (Å²) in [5.41, 5.74) is 0.316. The van der Waals surface area contributed by atoms with Crippen LogP contribution in [0.25, 0.3) is 0 Å². The summed E-state index contributed by atoms with van der Waals surface area (Å²) in [5.74, 6) is -1.54. The van der Waals surface area contributed by atoms with Crippen LogP contribution in [0.5, 0.6) is 0 Å². The molecule has 0 fully saturated rings. The Labute approximate surface area is 147 Å². The Kier molecular flexibility index (Phi) is 6.51. The second-order valence-electron chi connectivity index (χ2n) is 4.63. The van der Waals surface area contributed by atoms with Gasteiger partial charge in [-0.15, -0.1) is 22.7 Å². The van der Waals surface area contributed by atoms with E-state index in [1.165, 1.54) is 22.7 Å². The number of thiophene rings is 2. The monoisotopic (exact) mass is 367 g/mol. The summed E-state index contributed by atoms with van der Waals surface area (Å²) in [6.07, 6.45) is 0.736. The average molecular weight is 367 g/mol. The molecule has 0 atom stereocenters. The van der Waals surface area contributed by atoms with Gasteiger partial charge in [0.15, 0.2) is 6.61 Å². The van der Waals surface area contributed by atoms with E-state index in [-0.39, 0.29) is 6.61 Å². The average Bonchev–Trinajstić information content (AvgIpc) is 3.22. The molecule has 128 valence electrons. The molecule has 0 spiro atoms. The molecule has 2 heterocycles. The Bertz CT molecular complexity index is 721. The smallest absolute Gasteiger partial charge is 0.348 e. The molecule has 0 unspecified atom stereocenters. The summed E-state index contributed by atoms with van der Waals surface area (Å²) >= 11 is 2.54. The molecule has 0 saturated carbocycles. The molecule has 0 radical (unpaired) electrons. The number of ether oxygens (including phenoxy) is 2. The molecular weight excluding hydrogens is 350 g/mol. The number of hydrogen-bond donors (Lipinski definition) is 1. The Morgan fingerprint density at radius 2 is 1.96 bits per heavy atom. The van der Waals surface area contributed by atoms with Crippen LogP contribution >= 0.6 is 22.7 Å². The molecule has 2 rings (SSSR count). The zero-order valence-corrected chi connectivity index (χ0v) is 14.9. The van der Waals surface area contributed by atoms with Gasteiger partial charge in [-0.3, -0.25) is 4.79 Å². The number of carbonyl (C=O) groups is 3. The van der Waals surface area contributed by atoms with E-state index in [1.807, 2.05) is 6.92 Å². The molecule has 0 saturated heterocycles. The van der Waals surface area contributed by atoms with E-state index < -0.39 is 24.5 Å². The van der Waals surface area contributed by atoms with Gasteiger partial charge in [0.1, 0.15) is 9.88 Å². The van der Waals surface area contributed by atoms with Crippen molar-refractivity contribution < 1.29 is 23.9 Å². The van der Waals surface area contributed by atoms with Crippen LogP contribution in [0.3, 0.4) is 0 Å². The third-order valence-electron chi connectivity index (χ3n) is 2.94. The summed E-state index contributed by atoms with van der Waals surface area (Å²) in [7, 11) is 0. The molecule has 24 heavy (non-hydrogen) atoms. The van der Waals surface area contributed by atoms with Gasteiger partial charge in [-0.2, -0.15) is 0 Å². The fourth-order valence-electron chi connectivity index (χ4n) is 1.83. The van der Waals surface area contributed by atoms with Crippen LogP contribution in [0, 0.1) is 0 Å². The summed E-state index contributed by atoms with van der Waals surface area (Å²) in [5, 5.41) is 4.77. The lowest BCUT2D eigenvalue weighted by Crippen LogP contribution is -2.21. The summed E-state index contributed by atoms with van der Waals surface area (Å²) in [6, 6.07) is 5.05. The first-order valence-corrected chi connectivity index (χ1v) is 9.05. The van der Waals surface area contributed by atoms with E-state index in [9.17, 15) is 14.4 Å². The Morgan fingerprint density at radius 1 is 1.17 bits per heavy atom. The molecular formula is C16H17NO5S2. The highest BCUT2D eigenvalue weighted by atomic mass is 32.1. The van der Waals surface area contributed by atoms with Crippen molar-refractivity contribution in [3.05, 3.63) is 38.9 Å². The lowest BCUT2D eigenvalue weighted by molar-refractivity contribution is -0.119. The minimum atomic E-state index is -0.550. The molecule has 0 bridgehead atoms. The van der Waals surface area contributed by atoms with Gasteiger partial charge < -0.3 is 14.8 Å². The highest BCUT2D eigenvalue weighted by molar-refractivity contribution is 7.16. The van der Waals surface area contributed by atoms with Crippen LogP contribution in [-0.2, 0) is 20.7 Å². The normalized spacial score (nSPS) is 10.2. The number of hydrogen-bond acceptors (Lipinski definition) is 7. The Morgan fingerprint density at radius 3 is 2.58 bits per heavy atom. The van der Waals surface area contributed by atoms with Crippen LogP contribution in [0.2, 0.25) is 0 Å². The number of aryl methyl sites for hydroxylation is 1. The van der Waals surface area contributed by atoms with E-state index in [0.29, 0.717) is 15.4 Å².